The zero-order valence-electron chi connectivity index (χ0n) is 17.3. The number of rotatable bonds is 8. The van der Waals surface area contributed by atoms with Gasteiger partial charge in [0.2, 0.25) is 0 Å². The Morgan fingerprint density at radius 2 is 1.36 bits per heavy atom. The smallest absolute Gasteiger partial charge is 0.271 e. The predicted molar refractivity (Wildman–Crippen MR) is 120 cm³/mol. The molecule has 0 aliphatic rings. The maximum atomic E-state index is 12.9. The Morgan fingerprint density at radius 3 is 1.88 bits per heavy atom. The summed E-state index contributed by atoms with van der Waals surface area (Å²) in [5, 5.41) is 27.0. The Morgan fingerprint density at radius 1 is 0.818 bits per heavy atom. The van der Waals surface area contributed by atoms with Gasteiger partial charge in [0, 0.05) is 41.2 Å². The fourth-order valence-electron chi connectivity index (χ4n) is 2.93. The van der Waals surface area contributed by atoms with Crippen molar-refractivity contribution in [1.82, 2.24) is 0 Å². The van der Waals surface area contributed by atoms with Crippen molar-refractivity contribution in [3.8, 4) is 5.75 Å². The van der Waals surface area contributed by atoms with Crippen LogP contribution in [-0.4, -0.2) is 28.3 Å². The number of hydrogen-bond acceptors (Lipinski definition) is 7. The lowest BCUT2D eigenvalue weighted by Gasteiger charge is -2.13. The molecule has 0 fully saturated rings. The van der Waals surface area contributed by atoms with Gasteiger partial charge in [-0.05, 0) is 37.3 Å². The molecule has 2 N–H and O–H groups in total. The minimum Gasteiger partial charge on any atom is -0.493 e. The molecule has 0 aromatic heterocycles. The third-order valence-corrected chi connectivity index (χ3v) is 4.42. The maximum absolute atomic E-state index is 12.9. The van der Waals surface area contributed by atoms with E-state index >= 15 is 0 Å². The summed E-state index contributed by atoms with van der Waals surface area (Å²) in [5.74, 6) is -1.01. The largest absolute Gasteiger partial charge is 0.493 e. The molecule has 0 heterocycles. The molecule has 0 unspecified atom stereocenters. The summed E-state index contributed by atoms with van der Waals surface area (Å²) < 4.78 is 5.48. The van der Waals surface area contributed by atoms with Crippen LogP contribution in [0.5, 0.6) is 5.75 Å². The first kappa shape index (κ1) is 22.9. The topological polar surface area (TPSA) is 154 Å². The van der Waals surface area contributed by atoms with Gasteiger partial charge >= 0.3 is 0 Å². The first-order chi connectivity index (χ1) is 15.8. The molecule has 0 saturated carbocycles. The van der Waals surface area contributed by atoms with Crippen molar-refractivity contribution in [3.63, 3.8) is 0 Å². The van der Waals surface area contributed by atoms with E-state index < -0.39 is 21.7 Å². The second-order valence-electron chi connectivity index (χ2n) is 6.67. The molecule has 11 nitrogen and oxygen atoms in total. The van der Waals surface area contributed by atoms with Gasteiger partial charge in [0.05, 0.1) is 22.0 Å². The first-order valence-electron chi connectivity index (χ1n) is 9.67. The van der Waals surface area contributed by atoms with Crippen molar-refractivity contribution in [3.05, 3.63) is 98.1 Å². The fraction of sp³-hybridized carbons (Fsp3) is 0.0909. The summed E-state index contributed by atoms with van der Waals surface area (Å²) in [4.78, 5) is 46.3. The van der Waals surface area contributed by atoms with Crippen molar-refractivity contribution in [2.75, 3.05) is 17.2 Å². The zero-order valence-corrected chi connectivity index (χ0v) is 17.3. The normalized spacial score (nSPS) is 10.2. The monoisotopic (exact) mass is 450 g/mol. The van der Waals surface area contributed by atoms with Gasteiger partial charge in [-0.1, -0.05) is 12.1 Å². The molecule has 2 amide bonds. The number of nitro benzene ring substituents is 2. The lowest BCUT2D eigenvalue weighted by Crippen LogP contribution is -2.17. The zero-order chi connectivity index (χ0) is 24.0. The molecular weight excluding hydrogens is 432 g/mol. The quantitative estimate of drug-likeness (QED) is 0.381. The van der Waals surface area contributed by atoms with Crippen LogP contribution in [-0.2, 0) is 0 Å². The van der Waals surface area contributed by atoms with Crippen LogP contribution in [0.2, 0.25) is 0 Å². The average molecular weight is 450 g/mol. The molecule has 0 bridgehead atoms. The van der Waals surface area contributed by atoms with Crippen molar-refractivity contribution in [1.29, 1.82) is 0 Å². The number of nitro groups is 2. The molecule has 0 aliphatic heterocycles. The summed E-state index contributed by atoms with van der Waals surface area (Å²) in [7, 11) is 0. The molecule has 0 atom stereocenters. The second-order valence-corrected chi connectivity index (χ2v) is 6.67. The number of anilines is 2. The highest BCUT2D eigenvalue weighted by Crippen LogP contribution is 2.24. The minimum absolute atomic E-state index is 0.0371. The summed E-state index contributed by atoms with van der Waals surface area (Å²) in [6.07, 6.45) is 0. The van der Waals surface area contributed by atoms with E-state index in [1.165, 1.54) is 66.7 Å². The summed E-state index contributed by atoms with van der Waals surface area (Å²) in [6.45, 7) is 1.99. The standard InChI is InChI=1S/C22H18N4O7/c1-2-33-20-10-9-14(21(27)23-15-5-3-7-17(12-15)25(29)30)11-19(20)22(28)24-16-6-4-8-18(13-16)26(31)32/h3-13H,2H2,1H3,(H,23,27)(H,24,28). The lowest BCUT2D eigenvalue weighted by atomic mass is 10.1. The number of benzene rings is 3. The molecule has 3 aromatic rings. The molecule has 0 saturated heterocycles. The second kappa shape index (κ2) is 10.0. The van der Waals surface area contributed by atoms with Gasteiger partial charge in [0.1, 0.15) is 5.75 Å². The third kappa shape index (κ3) is 5.67. The molecule has 33 heavy (non-hydrogen) atoms. The number of nitrogens with one attached hydrogen (secondary N) is 2. The van der Waals surface area contributed by atoms with Crippen LogP contribution in [0.3, 0.4) is 0 Å². The lowest BCUT2D eigenvalue weighted by molar-refractivity contribution is -0.385. The van der Waals surface area contributed by atoms with Gasteiger partial charge in [0.15, 0.2) is 0 Å². The van der Waals surface area contributed by atoms with E-state index in [-0.39, 0.29) is 46.2 Å². The minimum atomic E-state index is -0.635. The van der Waals surface area contributed by atoms with Gasteiger partial charge in [-0.15, -0.1) is 0 Å². The first-order valence-corrected chi connectivity index (χ1v) is 9.67. The molecule has 0 radical (unpaired) electrons. The van der Waals surface area contributed by atoms with Crippen molar-refractivity contribution < 1.29 is 24.2 Å². The van der Waals surface area contributed by atoms with Crippen molar-refractivity contribution in [2.45, 2.75) is 6.92 Å². The van der Waals surface area contributed by atoms with Crippen LogP contribution in [0.1, 0.15) is 27.6 Å². The summed E-state index contributed by atoms with van der Waals surface area (Å²) in [5.41, 5.74) is 0.178. The van der Waals surface area contributed by atoms with E-state index in [9.17, 15) is 29.8 Å². The van der Waals surface area contributed by atoms with E-state index in [2.05, 4.69) is 10.6 Å². The van der Waals surface area contributed by atoms with Gasteiger partial charge in [-0.25, -0.2) is 0 Å². The van der Waals surface area contributed by atoms with Crippen LogP contribution in [0.4, 0.5) is 22.7 Å². The van der Waals surface area contributed by atoms with E-state index in [1.807, 2.05) is 0 Å². The Labute approximate surface area is 187 Å². The van der Waals surface area contributed by atoms with Crippen LogP contribution < -0.4 is 15.4 Å². The van der Waals surface area contributed by atoms with Crippen molar-refractivity contribution in [2.24, 2.45) is 0 Å². The van der Waals surface area contributed by atoms with Gasteiger partial charge < -0.3 is 15.4 Å². The van der Waals surface area contributed by atoms with E-state index in [4.69, 9.17) is 4.74 Å². The third-order valence-electron chi connectivity index (χ3n) is 4.42. The Balaban J connectivity index is 1.87. The number of nitrogens with zero attached hydrogens (tertiary/aromatic N) is 2. The maximum Gasteiger partial charge on any atom is 0.271 e. The van der Waals surface area contributed by atoms with Crippen molar-refractivity contribution >= 4 is 34.6 Å². The molecule has 0 spiro atoms. The highest BCUT2D eigenvalue weighted by Gasteiger charge is 2.18. The van der Waals surface area contributed by atoms with Gasteiger partial charge in [-0.3, -0.25) is 29.8 Å². The van der Waals surface area contributed by atoms with Gasteiger partial charge in [-0.2, -0.15) is 0 Å². The Bertz CT molecular complexity index is 1240. The molecule has 11 heteroatoms. The Kier molecular flexibility index (Phi) is 6.94. The fourth-order valence-corrected chi connectivity index (χ4v) is 2.93. The van der Waals surface area contributed by atoms with Crippen LogP contribution in [0, 0.1) is 20.2 Å². The molecule has 3 rings (SSSR count). The number of carbonyl (C=O) groups excluding carboxylic acids is 2. The van der Waals surface area contributed by atoms with E-state index in [1.54, 1.807) is 6.92 Å². The number of amides is 2. The molecule has 0 aliphatic carbocycles. The van der Waals surface area contributed by atoms with E-state index in [0.717, 1.165) is 0 Å². The molecular formula is C22H18N4O7. The summed E-state index contributed by atoms with van der Waals surface area (Å²) >= 11 is 0. The predicted octanol–water partition coefficient (Wildman–Crippen LogP) is 4.41. The van der Waals surface area contributed by atoms with Crippen LogP contribution in [0.25, 0.3) is 0 Å². The molecule has 3 aromatic carbocycles. The number of ether oxygens (including phenoxy) is 1. The summed E-state index contributed by atoms with van der Waals surface area (Å²) in [6, 6.07) is 15.1. The highest BCUT2D eigenvalue weighted by atomic mass is 16.6. The van der Waals surface area contributed by atoms with Crippen LogP contribution >= 0.6 is 0 Å². The highest BCUT2D eigenvalue weighted by molar-refractivity contribution is 6.10. The van der Waals surface area contributed by atoms with E-state index in [0.29, 0.717) is 0 Å². The SMILES string of the molecule is CCOc1ccc(C(=O)Nc2cccc([N+](=O)[O-])c2)cc1C(=O)Nc1cccc([N+](=O)[O-])c1. The number of non-ortho nitro benzene ring substituents is 2. The molecule has 168 valence electrons. The average Bonchev–Trinajstić information content (AvgIpc) is 2.79. The van der Waals surface area contributed by atoms with Crippen LogP contribution in [0.15, 0.2) is 66.7 Å². The van der Waals surface area contributed by atoms with Gasteiger partial charge in [0.25, 0.3) is 23.2 Å². The number of hydrogen-bond donors (Lipinski definition) is 2. The Hall–Kier alpha value is -4.80. The number of carbonyl (C=O) groups is 2.